The SMILES string of the molecule is CCc1ccccc1NCC(=O)c1ccc(NC(C)=O)cc1. The van der Waals surface area contributed by atoms with Gasteiger partial charge in [0.15, 0.2) is 5.78 Å². The molecule has 0 atom stereocenters. The predicted octanol–water partition coefficient (Wildman–Crippen LogP) is 3.50. The first-order valence-corrected chi connectivity index (χ1v) is 7.32. The Morgan fingerprint density at radius 1 is 1.00 bits per heavy atom. The Bertz CT molecular complexity index is 663. The lowest BCUT2D eigenvalue weighted by Crippen LogP contribution is -2.15. The number of amides is 1. The lowest BCUT2D eigenvalue weighted by atomic mass is 10.1. The Labute approximate surface area is 130 Å². The third-order valence-electron chi connectivity index (χ3n) is 3.36. The van der Waals surface area contributed by atoms with Crippen molar-refractivity contribution in [1.29, 1.82) is 0 Å². The molecule has 2 N–H and O–H groups in total. The van der Waals surface area contributed by atoms with Gasteiger partial charge in [0.1, 0.15) is 0 Å². The average molecular weight is 296 g/mol. The molecule has 4 nitrogen and oxygen atoms in total. The van der Waals surface area contributed by atoms with E-state index in [1.807, 2.05) is 18.2 Å². The van der Waals surface area contributed by atoms with Crippen LogP contribution < -0.4 is 10.6 Å². The summed E-state index contributed by atoms with van der Waals surface area (Å²) in [4.78, 5) is 23.2. The molecule has 0 aromatic heterocycles. The first-order valence-electron chi connectivity index (χ1n) is 7.32. The second-order valence-corrected chi connectivity index (χ2v) is 5.05. The number of carbonyl (C=O) groups is 2. The van der Waals surface area contributed by atoms with Gasteiger partial charge in [0.25, 0.3) is 0 Å². The van der Waals surface area contributed by atoms with Crippen molar-refractivity contribution in [3.8, 4) is 0 Å². The van der Waals surface area contributed by atoms with Crippen LogP contribution in [-0.4, -0.2) is 18.2 Å². The molecule has 0 bridgehead atoms. The zero-order valence-corrected chi connectivity index (χ0v) is 12.8. The van der Waals surface area contributed by atoms with Gasteiger partial charge in [-0.05, 0) is 42.3 Å². The van der Waals surface area contributed by atoms with Crippen LogP contribution >= 0.6 is 0 Å². The van der Waals surface area contributed by atoms with E-state index >= 15 is 0 Å². The van der Waals surface area contributed by atoms with Crippen molar-refractivity contribution in [2.75, 3.05) is 17.2 Å². The first-order chi connectivity index (χ1) is 10.6. The fourth-order valence-corrected chi connectivity index (χ4v) is 2.22. The lowest BCUT2D eigenvalue weighted by molar-refractivity contribution is -0.114. The van der Waals surface area contributed by atoms with E-state index in [0.29, 0.717) is 11.3 Å². The molecule has 0 saturated heterocycles. The highest BCUT2D eigenvalue weighted by Crippen LogP contribution is 2.16. The number of ketones is 1. The van der Waals surface area contributed by atoms with Gasteiger partial charge < -0.3 is 10.6 Å². The second-order valence-electron chi connectivity index (χ2n) is 5.05. The maximum absolute atomic E-state index is 12.2. The molecule has 0 aliphatic carbocycles. The normalized spacial score (nSPS) is 10.1. The number of nitrogens with one attached hydrogen (secondary N) is 2. The summed E-state index contributed by atoms with van der Waals surface area (Å²) in [5.74, 6) is -0.114. The average Bonchev–Trinajstić information content (AvgIpc) is 2.53. The van der Waals surface area contributed by atoms with E-state index in [4.69, 9.17) is 0 Å². The van der Waals surface area contributed by atoms with Gasteiger partial charge in [0.05, 0.1) is 6.54 Å². The van der Waals surface area contributed by atoms with Crippen LogP contribution in [0.5, 0.6) is 0 Å². The molecule has 114 valence electrons. The van der Waals surface area contributed by atoms with Crippen LogP contribution in [0, 0.1) is 0 Å². The van der Waals surface area contributed by atoms with Crippen molar-refractivity contribution >= 4 is 23.1 Å². The molecule has 4 heteroatoms. The predicted molar refractivity (Wildman–Crippen MR) is 89.4 cm³/mol. The number of anilines is 2. The fourth-order valence-electron chi connectivity index (χ4n) is 2.22. The molecule has 0 aliphatic rings. The highest BCUT2D eigenvalue weighted by Gasteiger charge is 2.07. The van der Waals surface area contributed by atoms with Crippen LogP contribution in [-0.2, 0) is 11.2 Å². The van der Waals surface area contributed by atoms with Crippen LogP contribution in [0.15, 0.2) is 48.5 Å². The van der Waals surface area contributed by atoms with E-state index in [-0.39, 0.29) is 18.2 Å². The molecule has 22 heavy (non-hydrogen) atoms. The van der Waals surface area contributed by atoms with E-state index in [9.17, 15) is 9.59 Å². The monoisotopic (exact) mass is 296 g/mol. The zero-order valence-electron chi connectivity index (χ0n) is 12.8. The summed E-state index contributed by atoms with van der Waals surface area (Å²) in [5, 5.41) is 5.87. The Hall–Kier alpha value is -2.62. The van der Waals surface area contributed by atoms with Crippen molar-refractivity contribution in [2.24, 2.45) is 0 Å². The fraction of sp³-hybridized carbons (Fsp3) is 0.222. The van der Waals surface area contributed by atoms with Crippen LogP contribution in [0.2, 0.25) is 0 Å². The van der Waals surface area contributed by atoms with Crippen LogP contribution in [0.4, 0.5) is 11.4 Å². The highest BCUT2D eigenvalue weighted by molar-refractivity contribution is 5.99. The molecule has 0 heterocycles. The molecule has 2 aromatic carbocycles. The van der Waals surface area contributed by atoms with Gasteiger partial charge in [-0.25, -0.2) is 0 Å². The van der Waals surface area contributed by atoms with Gasteiger partial charge >= 0.3 is 0 Å². The van der Waals surface area contributed by atoms with E-state index in [2.05, 4.69) is 23.6 Å². The molecule has 2 aromatic rings. The van der Waals surface area contributed by atoms with E-state index < -0.39 is 0 Å². The summed E-state index contributed by atoms with van der Waals surface area (Å²) in [6.45, 7) is 3.79. The van der Waals surface area contributed by atoms with Crippen LogP contribution in [0.25, 0.3) is 0 Å². The smallest absolute Gasteiger partial charge is 0.221 e. The van der Waals surface area contributed by atoms with Crippen LogP contribution in [0.3, 0.4) is 0 Å². The molecule has 2 rings (SSSR count). The molecule has 1 amide bonds. The molecule has 0 spiro atoms. The first kappa shape index (κ1) is 15.8. The standard InChI is InChI=1S/C18H20N2O2/c1-3-14-6-4-5-7-17(14)19-12-18(22)15-8-10-16(11-9-15)20-13(2)21/h4-11,19H,3,12H2,1-2H3,(H,20,21). The van der Waals surface area contributed by atoms with Gasteiger partial charge in [-0.1, -0.05) is 25.1 Å². The quantitative estimate of drug-likeness (QED) is 0.802. The van der Waals surface area contributed by atoms with Gasteiger partial charge in [-0.15, -0.1) is 0 Å². The Kier molecular flexibility index (Phi) is 5.31. The summed E-state index contributed by atoms with van der Waals surface area (Å²) in [6, 6.07) is 14.9. The van der Waals surface area contributed by atoms with E-state index in [1.54, 1.807) is 24.3 Å². The highest BCUT2D eigenvalue weighted by atomic mass is 16.1. The summed E-state index contributed by atoms with van der Waals surface area (Å²) in [5.41, 5.74) is 3.49. The van der Waals surface area contributed by atoms with Crippen molar-refractivity contribution in [3.05, 3.63) is 59.7 Å². The summed E-state index contributed by atoms with van der Waals surface area (Å²) < 4.78 is 0. The number of carbonyl (C=O) groups excluding carboxylic acids is 2. The molecule has 0 fully saturated rings. The maximum Gasteiger partial charge on any atom is 0.221 e. The summed E-state index contributed by atoms with van der Waals surface area (Å²) in [6.07, 6.45) is 0.919. The number of aryl methyl sites for hydroxylation is 1. The van der Waals surface area contributed by atoms with Crippen molar-refractivity contribution in [2.45, 2.75) is 20.3 Å². The van der Waals surface area contributed by atoms with Crippen LogP contribution in [0.1, 0.15) is 29.8 Å². The number of rotatable bonds is 6. The van der Waals surface area contributed by atoms with Gasteiger partial charge in [-0.2, -0.15) is 0 Å². The van der Waals surface area contributed by atoms with E-state index in [0.717, 1.165) is 12.1 Å². The summed E-state index contributed by atoms with van der Waals surface area (Å²) >= 11 is 0. The zero-order chi connectivity index (χ0) is 15.9. The van der Waals surface area contributed by atoms with Crippen molar-refractivity contribution < 1.29 is 9.59 Å². The Balaban J connectivity index is 1.98. The van der Waals surface area contributed by atoms with E-state index in [1.165, 1.54) is 12.5 Å². The molecular formula is C18H20N2O2. The van der Waals surface area contributed by atoms with Crippen molar-refractivity contribution in [1.82, 2.24) is 0 Å². The topological polar surface area (TPSA) is 58.2 Å². The Morgan fingerprint density at radius 2 is 1.68 bits per heavy atom. The minimum Gasteiger partial charge on any atom is -0.377 e. The van der Waals surface area contributed by atoms with Gasteiger partial charge in [0.2, 0.25) is 5.91 Å². The molecule has 0 aliphatic heterocycles. The van der Waals surface area contributed by atoms with Crippen molar-refractivity contribution in [3.63, 3.8) is 0 Å². The second kappa shape index (κ2) is 7.41. The minimum atomic E-state index is -0.128. The molecular weight excluding hydrogens is 276 g/mol. The maximum atomic E-state index is 12.2. The third-order valence-corrected chi connectivity index (χ3v) is 3.36. The van der Waals surface area contributed by atoms with Gasteiger partial charge in [-0.3, -0.25) is 9.59 Å². The molecule has 0 radical (unpaired) electrons. The van der Waals surface area contributed by atoms with Gasteiger partial charge in [0, 0.05) is 23.9 Å². The number of para-hydroxylation sites is 1. The lowest BCUT2D eigenvalue weighted by Gasteiger charge is -2.10. The third kappa shape index (κ3) is 4.19. The molecule has 0 saturated carbocycles. The Morgan fingerprint density at radius 3 is 2.32 bits per heavy atom. The minimum absolute atomic E-state index is 0.0141. The largest absolute Gasteiger partial charge is 0.377 e. The number of Topliss-reactive ketones (excluding diaryl/α,β-unsaturated/α-hetero) is 1. The molecule has 0 unspecified atom stereocenters. The number of hydrogen-bond donors (Lipinski definition) is 2. The number of benzene rings is 2. The summed E-state index contributed by atoms with van der Waals surface area (Å²) in [7, 11) is 0. The number of hydrogen-bond acceptors (Lipinski definition) is 3.